The number of carbonyl (C=O) groups is 2. The first-order valence-corrected chi connectivity index (χ1v) is 10.4. The topological polar surface area (TPSA) is 50.5 Å². The number of thioether (sulfide) groups is 1. The number of rotatable bonds is 5. The Balaban J connectivity index is 1.49. The zero-order valence-corrected chi connectivity index (χ0v) is 16.9. The van der Waals surface area contributed by atoms with Crippen LogP contribution in [0.25, 0.3) is 6.08 Å². The lowest BCUT2D eigenvalue weighted by Gasteiger charge is -2.13. The van der Waals surface area contributed by atoms with Gasteiger partial charge in [-0.3, -0.25) is 14.5 Å². The fraction of sp³-hybridized carbons (Fsp3) is 0.0476. The molecule has 1 fully saturated rings. The molecule has 1 aromatic heterocycles. The lowest BCUT2D eigenvalue weighted by atomic mass is 10.2. The smallest absolute Gasteiger partial charge is 0.293 e. The van der Waals surface area contributed by atoms with E-state index in [0.29, 0.717) is 20.8 Å². The molecule has 0 saturated carbocycles. The van der Waals surface area contributed by atoms with Crippen LogP contribution in [0.2, 0.25) is 5.02 Å². The van der Waals surface area contributed by atoms with Crippen molar-refractivity contribution in [3.8, 4) is 0 Å². The number of halogens is 1. The number of hydrogen-bond acceptors (Lipinski definition) is 5. The first-order valence-electron chi connectivity index (χ1n) is 8.42. The van der Waals surface area contributed by atoms with Crippen molar-refractivity contribution in [1.29, 1.82) is 0 Å². The van der Waals surface area contributed by atoms with Crippen LogP contribution >= 0.6 is 35.1 Å². The van der Waals surface area contributed by atoms with Gasteiger partial charge in [-0.05, 0) is 47.7 Å². The summed E-state index contributed by atoms with van der Waals surface area (Å²) < 4.78 is 5.78. The van der Waals surface area contributed by atoms with E-state index in [4.69, 9.17) is 16.0 Å². The van der Waals surface area contributed by atoms with Crippen LogP contribution in [-0.2, 0) is 11.3 Å². The number of furan rings is 1. The summed E-state index contributed by atoms with van der Waals surface area (Å²) in [7, 11) is 0. The van der Waals surface area contributed by atoms with Gasteiger partial charge in [-0.1, -0.05) is 59.8 Å². The first-order chi connectivity index (χ1) is 13.6. The average molecular weight is 428 g/mol. The van der Waals surface area contributed by atoms with E-state index in [2.05, 4.69) is 0 Å². The van der Waals surface area contributed by atoms with Crippen molar-refractivity contribution in [2.45, 2.75) is 16.5 Å². The highest BCUT2D eigenvalue weighted by Crippen LogP contribution is 2.35. The zero-order chi connectivity index (χ0) is 19.5. The lowest BCUT2D eigenvalue weighted by molar-refractivity contribution is -0.123. The Hall–Kier alpha value is -2.41. The van der Waals surface area contributed by atoms with Crippen molar-refractivity contribution in [2.24, 2.45) is 0 Å². The maximum Gasteiger partial charge on any atom is 0.293 e. The second kappa shape index (κ2) is 8.31. The van der Waals surface area contributed by atoms with Gasteiger partial charge in [-0.2, -0.15) is 0 Å². The minimum atomic E-state index is -0.344. The number of carbonyl (C=O) groups excluding carboxylic acids is 2. The highest BCUT2D eigenvalue weighted by Gasteiger charge is 2.35. The Morgan fingerprint density at radius 2 is 1.75 bits per heavy atom. The summed E-state index contributed by atoms with van der Waals surface area (Å²) in [6.45, 7) is 0.148. The monoisotopic (exact) mass is 427 g/mol. The molecule has 1 saturated heterocycles. The van der Waals surface area contributed by atoms with E-state index in [1.807, 2.05) is 48.5 Å². The minimum absolute atomic E-state index is 0.148. The van der Waals surface area contributed by atoms with Crippen molar-refractivity contribution >= 4 is 52.3 Å². The molecule has 2 amide bonds. The van der Waals surface area contributed by atoms with Gasteiger partial charge in [-0.15, -0.1) is 0 Å². The van der Waals surface area contributed by atoms with Gasteiger partial charge in [0.2, 0.25) is 0 Å². The van der Waals surface area contributed by atoms with Crippen LogP contribution < -0.4 is 0 Å². The number of imide groups is 1. The van der Waals surface area contributed by atoms with E-state index >= 15 is 0 Å². The molecule has 4 nitrogen and oxygen atoms in total. The zero-order valence-electron chi connectivity index (χ0n) is 14.5. The van der Waals surface area contributed by atoms with Crippen molar-refractivity contribution in [1.82, 2.24) is 4.90 Å². The molecular weight excluding hydrogens is 414 g/mol. The Bertz CT molecular complexity index is 1060. The largest absolute Gasteiger partial charge is 0.450 e. The number of benzene rings is 2. The Kier molecular flexibility index (Phi) is 5.62. The third-order valence-corrected chi connectivity index (χ3v) is 6.20. The van der Waals surface area contributed by atoms with Crippen LogP contribution in [0.1, 0.15) is 11.3 Å². The van der Waals surface area contributed by atoms with Crippen LogP contribution in [0, 0.1) is 0 Å². The van der Waals surface area contributed by atoms with Gasteiger partial charge in [-0.25, -0.2) is 0 Å². The maximum atomic E-state index is 12.7. The third kappa shape index (κ3) is 4.19. The van der Waals surface area contributed by atoms with Crippen molar-refractivity contribution in [3.63, 3.8) is 0 Å². The summed E-state index contributed by atoms with van der Waals surface area (Å²) in [4.78, 5) is 27.5. The summed E-state index contributed by atoms with van der Waals surface area (Å²) in [5.74, 6) is 0.185. The van der Waals surface area contributed by atoms with Crippen molar-refractivity contribution < 1.29 is 14.0 Å². The molecule has 2 heterocycles. The molecule has 4 rings (SSSR count). The summed E-state index contributed by atoms with van der Waals surface area (Å²) >= 11 is 8.54. The lowest BCUT2D eigenvalue weighted by Crippen LogP contribution is -2.27. The predicted octanol–water partition coefficient (Wildman–Crippen LogP) is 6.32. The summed E-state index contributed by atoms with van der Waals surface area (Å²) in [6.07, 6.45) is 1.60. The van der Waals surface area contributed by atoms with Crippen LogP contribution in [0.4, 0.5) is 4.79 Å². The van der Waals surface area contributed by atoms with E-state index in [0.717, 1.165) is 22.2 Å². The SMILES string of the molecule is O=C1S/C(=C\c2ccc(Sc3ccccc3)o2)C(=O)N1Cc1ccccc1Cl. The van der Waals surface area contributed by atoms with Gasteiger partial charge in [0.05, 0.1) is 11.4 Å². The average Bonchev–Trinajstić information content (AvgIpc) is 3.23. The minimum Gasteiger partial charge on any atom is -0.450 e. The highest BCUT2D eigenvalue weighted by atomic mass is 35.5. The molecule has 2 aromatic carbocycles. The second-order valence-corrected chi connectivity index (χ2v) is 8.41. The molecule has 0 spiro atoms. The van der Waals surface area contributed by atoms with Gasteiger partial charge in [0.1, 0.15) is 5.76 Å². The maximum absolute atomic E-state index is 12.7. The Morgan fingerprint density at radius 1 is 1.00 bits per heavy atom. The summed E-state index contributed by atoms with van der Waals surface area (Å²) in [5.41, 5.74) is 0.729. The molecule has 1 aliphatic heterocycles. The van der Waals surface area contributed by atoms with Gasteiger partial charge < -0.3 is 4.42 Å². The molecule has 140 valence electrons. The molecule has 0 unspecified atom stereocenters. The van der Waals surface area contributed by atoms with Crippen LogP contribution in [0.3, 0.4) is 0 Å². The van der Waals surface area contributed by atoms with Gasteiger partial charge in [0.25, 0.3) is 11.1 Å². The molecule has 0 bridgehead atoms. The quantitative estimate of drug-likeness (QED) is 0.446. The van der Waals surface area contributed by atoms with E-state index in [1.54, 1.807) is 24.3 Å². The molecule has 0 aliphatic carbocycles. The summed E-state index contributed by atoms with van der Waals surface area (Å²) in [6, 6.07) is 20.7. The number of amides is 2. The van der Waals surface area contributed by atoms with Crippen LogP contribution in [0.5, 0.6) is 0 Å². The van der Waals surface area contributed by atoms with Crippen molar-refractivity contribution in [2.75, 3.05) is 0 Å². The third-order valence-electron chi connectivity index (χ3n) is 4.00. The van der Waals surface area contributed by atoms with Crippen LogP contribution in [0.15, 0.2) is 86.0 Å². The molecule has 0 N–H and O–H groups in total. The van der Waals surface area contributed by atoms with Crippen LogP contribution in [-0.4, -0.2) is 16.0 Å². The molecular formula is C21H14ClNO3S2. The molecule has 0 atom stereocenters. The van der Waals surface area contributed by atoms with Crippen molar-refractivity contribution in [3.05, 3.63) is 88.0 Å². The predicted molar refractivity (Wildman–Crippen MR) is 112 cm³/mol. The molecule has 7 heteroatoms. The fourth-order valence-corrected chi connectivity index (χ4v) is 4.45. The van der Waals surface area contributed by atoms with E-state index in [-0.39, 0.29) is 17.7 Å². The fourth-order valence-electron chi connectivity index (χ4n) is 2.63. The second-order valence-electron chi connectivity index (χ2n) is 5.93. The van der Waals surface area contributed by atoms with Gasteiger partial charge >= 0.3 is 0 Å². The summed E-state index contributed by atoms with van der Waals surface area (Å²) in [5, 5.41) is 0.925. The first kappa shape index (κ1) is 18.9. The van der Waals surface area contributed by atoms with Gasteiger partial charge in [0.15, 0.2) is 5.09 Å². The standard InChI is InChI=1S/C21H14ClNO3S2/c22-17-9-5-4-6-14(17)13-23-20(24)18(28-21(23)25)12-15-10-11-19(26-15)27-16-7-2-1-3-8-16/h1-12H,13H2/b18-12-. The van der Waals surface area contributed by atoms with E-state index in [1.165, 1.54) is 16.7 Å². The number of nitrogens with zero attached hydrogens (tertiary/aromatic N) is 1. The Morgan fingerprint density at radius 3 is 2.54 bits per heavy atom. The molecule has 0 radical (unpaired) electrons. The van der Waals surface area contributed by atoms with E-state index in [9.17, 15) is 9.59 Å². The van der Waals surface area contributed by atoms with E-state index < -0.39 is 0 Å². The molecule has 28 heavy (non-hydrogen) atoms. The molecule has 3 aromatic rings. The van der Waals surface area contributed by atoms with Gasteiger partial charge in [0, 0.05) is 16.0 Å². The highest BCUT2D eigenvalue weighted by molar-refractivity contribution is 8.18. The molecule has 1 aliphatic rings. The number of hydrogen-bond donors (Lipinski definition) is 0. The normalized spacial score (nSPS) is 15.6. The Labute approximate surface area is 175 Å².